The van der Waals surface area contributed by atoms with Crippen LogP contribution >= 0.6 is 27.3 Å². The molecule has 0 N–H and O–H groups in total. The van der Waals surface area contributed by atoms with Crippen LogP contribution < -0.4 is 24.5 Å². The van der Waals surface area contributed by atoms with Crippen molar-refractivity contribution in [2.24, 2.45) is 4.99 Å². The Hall–Kier alpha value is -3.15. The number of benzene rings is 1. The van der Waals surface area contributed by atoms with Gasteiger partial charge in [-0.05, 0) is 47.0 Å². The summed E-state index contributed by atoms with van der Waals surface area (Å²) in [6.45, 7) is 6.73. The zero-order chi connectivity index (χ0) is 27.5. The van der Waals surface area contributed by atoms with Crippen LogP contribution in [0.3, 0.4) is 0 Å². The first-order valence-corrected chi connectivity index (χ1v) is 14.5. The van der Waals surface area contributed by atoms with Crippen LogP contribution in [0, 0.1) is 0 Å². The molecule has 206 valence electrons. The number of esters is 1. The van der Waals surface area contributed by atoms with Crippen LogP contribution in [-0.2, 0) is 14.3 Å². The number of halogens is 1. The van der Waals surface area contributed by atoms with E-state index < -0.39 is 12.0 Å². The number of thiazole rings is 1. The normalized spacial score (nSPS) is 17.7. The molecule has 9 nitrogen and oxygen atoms in total. The number of hydrogen-bond acceptors (Lipinski definition) is 9. The molecule has 0 bridgehead atoms. The van der Waals surface area contributed by atoms with Crippen LogP contribution in [0.4, 0.5) is 5.88 Å². The Morgan fingerprint density at radius 2 is 2.05 bits per heavy atom. The fourth-order valence-corrected chi connectivity index (χ4v) is 6.36. The van der Waals surface area contributed by atoms with Gasteiger partial charge in [0.15, 0.2) is 4.80 Å². The number of furan rings is 1. The molecular formula is C28H30BrN3O6S. The summed E-state index contributed by atoms with van der Waals surface area (Å²) in [6, 6.07) is 8.56. The number of morpholine rings is 1. The van der Waals surface area contributed by atoms with E-state index in [2.05, 4.69) is 20.8 Å². The summed E-state index contributed by atoms with van der Waals surface area (Å²) in [7, 11) is 1.59. The molecule has 39 heavy (non-hydrogen) atoms. The SMILES string of the molecule is CCCC1=C(C(=O)OCC)[C@@H](c2cccc(OC)c2)n2c(s/c(=C/c3cc(Br)c(N4CCOCC4)o3)c2=O)=N1. The van der Waals surface area contributed by atoms with Gasteiger partial charge in [-0.15, -0.1) is 0 Å². The van der Waals surface area contributed by atoms with E-state index in [4.69, 9.17) is 23.6 Å². The minimum atomic E-state index is -0.702. The van der Waals surface area contributed by atoms with Crippen molar-refractivity contribution in [2.45, 2.75) is 32.7 Å². The molecule has 1 saturated heterocycles. The Labute approximate surface area is 238 Å². The third-order valence-corrected chi connectivity index (χ3v) is 8.11. The van der Waals surface area contributed by atoms with Gasteiger partial charge in [-0.25, -0.2) is 9.79 Å². The molecule has 1 atom stereocenters. The van der Waals surface area contributed by atoms with Crippen molar-refractivity contribution in [1.82, 2.24) is 4.57 Å². The van der Waals surface area contributed by atoms with Crippen LogP contribution in [-0.4, -0.2) is 50.6 Å². The number of ether oxygens (including phenoxy) is 3. The average Bonchev–Trinajstić information content (AvgIpc) is 3.47. The number of anilines is 1. The zero-order valence-electron chi connectivity index (χ0n) is 22.1. The molecule has 0 amide bonds. The van der Waals surface area contributed by atoms with Crippen molar-refractivity contribution in [2.75, 3.05) is 44.9 Å². The molecule has 2 aromatic heterocycles. The summed E-state index contributed by atoms with van der Waals surface area (Å²) in [5, 5.41) is 0. The highest BCUT2D eigenvalue weighted by Gasteiger charge is 2.34. The molecule has 0 radical (unpaired) electrons. The summed E-state index contributed by atoms with van der Waals surface area (Å²) in [5.74, 6) is 1.41. The summed E-state index contributed by atoms with van der Waals surface area (Å²) >= 11 is 4.87. The number of carbonyl (C=O) groups excluding carboxylic acids is 1. The highest BCUT2D eigenvalue weighted by Crippen LogP contribution is 2.34. The molecule has 2 aliphatic heterocycles. The van der Waals surface area contributed by atoms with E-state index in [0.717, 1.165) is 29.5 Å². The van der Waals surface area contributed by atoms with Crippen LogP contribution in [0.25, 0.3) is 6.08 Å². The third-order valence-electron chi connectivity index (χ3n) is 6.56. The van der Waals surface area contributed by atoms with Crippen molar-refractivity contribution in [3.8, 4) is 5.75 Å². The fraction of sp³-hybridized carbons (Fsp3) is 0.393. The van der Waals surface area contributed by atoms with Gasteiger partial charge in [0.05, 0.1) is 53.2 Å². The molecular weight excluding hydrogens is 586 g/mol. The van der Waals surface area contributed by atoms with Gasteiger partial charge in [-0.1, -0.05) is 36.8 Å². The standard InChI is InChI=1S/C28H30BrN3O6S/c1-4-7-21-23(27(34)37-5-2)24(17-8-6-9-18(14-17)35-3)32-25(33)22(39-28(32)30-21)16-19-15-20(29)26(38-19)31-10-12-36-13-11-31/h6,8-9,14-16,24H,4-5,7,10-13H2,1-3H3/b22-16+/t24-/m1/s1. The van der Waals surface area contributed by atoms with Crippen molar-refractivity contribution < 1.29 is 23.4 Å². The first-order chi connectivity index (χ1) is 18.9. The Morgan fingerprint density at radius 3 is 2.77 bits per heavy atom. The van der Waals surface area contributed by atoms with Gasteiger partial charge in [0.25, 0.3) is 5.56 Å². The van der Waals surface area contributed by atoms with Gasteiger partial charge in [-0.3, -0.25) is 9.36 Å². The number of rotatable bonds is 8. The smallest absolute Gasteiger partial charge is 0.338 e. The molecule has 2 aliphatic rings. The van der Waals surface area contributed by atoms with Crippen LogP contribution in [0.15, 0.2) is 60.3 Å². The Morgan fingerprint density at radius 1 is 1.26 bits per heavy atom. The molecule has 0 aliphatic carbocycles. The highest BCUT2D eigenvalue weighted by atomic mass is 79.9. The van der Waals surface area contributed by atoms with Crippen LogP contribution in [0.1, 0.15) is 44.1 Å². The Bertz CT molecular complexity index is 1580. The van der Waals surface area contributed by atoms with Crippen molar-refractivity contribution in [3.05, 3.63) is 77.1 Å². The van der Waals surface area contributed by atoms with E-state index in [0.29, 0.717) is 57.6 Å². The second-order valence-corrected chi connectivity index (χ2v) is 11.0. The number of nitrogens with zero attached hydrogens (tertiary/aromatic N) is 3. The number of aromatic nitrogens is 1. The highest BCUT2D eigenvalue weighted by molar-refractivity contribution is 9.10. The van der Waals surface area contributed by atoms with E-state index in [-0.39, 0.29) is 12.2 Å². The maximum Gasteiger partial charge on any atom is 0.338 e. The minimum Gasteiger partial charge on any atom is -0.497 e. The van der Waals surface area contributed by atoms with Crippen molar-refractivity contribution >= 4 is 45.2 Å². The molecule has 1 aromatic carbocycles. The van der Waals surface area contributed by atoms with E-state index in [1.54, 1.807) is 24.7 Å². The van der Waals surface area contributed by atoms with Gasteiger partial charge in [0, 0.05) is 25.2 Å². The van der Waals surface area contributed by atoms with Gasteiger partial charge < -0.3 is 23.5 Å². The molecule has 0 spiro atoms. The maximum atomic E-state index is 13.9. The number of carbonyl (C=O) groups is 1. The van der Waals surface area contributed by atoms with E-state index in [1.165, 1.54) is 11.3 Å². The second kappa shape index (κ2) is 11.9. The first-order valence-electron chi connectivity index (χ1n) is 12.9. The molecule has 5 rings (SSSR count). The number of methoxy groups -OCH3 is 1. The summed E-state index contributed by atoms with van der Waals surface area (Å²) < 4.78 is 25.3. The van der Waals surface area contributed by atoms with Gasteiger partial charge in [-0.2, -0.15) is 0 Å². The topological polar surface area (TPSA) is 95.5 Å². The van der Waals surface area contributed by atoms with Gasteiger partial charge >= 0.3 is 5.97 Å². The van der Waals surface area contributed by atoms with Crippen LogP contribution in [0.5, 0.6) is 5.75 Å². The lowest BCUT2D eigenvalue weighted by Gasteiger charge is -2.26. The lowest BCUT2D eigenvalue weighted by Crippen LogP contribution is -2.40. The second-order valence-electron chi connectivity index (χ2n) is 9.09. The number of fused-ring (bicyclic) bond motifs is 1. The summed E-state index contributed by atoms with van der Waals surface area (Å²) in [5.41, 5.74) is 1.49. The van der Waals surface area contributed by atoms with Crippen molar-refractivity contribution in [3.63, 3.8) is 0 Å². The Kier molecular flexibility index (Phi) is 8.39. The predicted octanol–water partition coefficient (Wildman–Crippen LogP) is 3.78. The Balaban J connectivity index is 1.67. The largest absolute Gasteiger partial charge is 0.497 e. The van der Waals surface area contributed by atoms with Crippen LogP contribution in [0.2, 0.25) is 0 Å². The molecule has 3 aromatic rings. The molecule has 1 fully saturated rings. The van der Waals surface area contributed by atoms with Crippen molar-refractivity contribution in [1.29, 1.82) is 0 Å². The quantitative estimate of drug-likeness (QED) is 0.356. The summed E-state index contributed by atoms with van der Waals surface area (Å²) in [4.78, 5) is 34.7. The molecule has 0 saturated carbocycles. The summed E-state index contributed by atoms with van der Waals surface area (Å²) in [6.07, 6.45) is 3.09. The number of hydrogen-bond donors (Lipinski definition) is 0. The molecule has 4 heterocycles. The number of allylic oxidation sites excluding steroid dienone is 1. The van der Waals surface area contributed by atoms with Gasteiger partial charge in [0.1, 0.15) is 11.5 Å². The van der Waals surface area contributed by atoms with E-state index in [9.17, 15) is 9.59 Å². The minimum absolute atomic E-state index is 0.218. The molecule has 11 heteroatoms. The fourth-order valence-electron chi connectivity index (χ4n) is 4.81. The zero-order valence-corrected chi connectivity index (χ0v) is 24.5. The third kappa shape index (κ3) is 5.48. The first kappa shape index (κ1) is 27.4. The maximum absolute atomic E-state index is 13.9. The van der Waals surface area contributed by atoms with Gasteiger partial charge in [0.2, 0.25) is 5.88 Å². The lowest BCUT2D eigenvalue weighted by molar-refractivity contribution is -0.139. The monoisotopic (exact) mass is 615 g/mol. The van der Waals surface area contributed by atoms with E-state index in [1.807, 2.05) is 37.3 Å². The molecule has 0 unspecified atom stereocenters. The lowest BCUT2D eigenvalue weighted by atomic mass is 9.94. The average molecular weight is 617 g/mol. The van der Waals surface area contributed by atoms with E-state index >= 15 is 0 Å². The predicted molar refractivity (Wildman–Crippen MR) is 152 cm³/mol.